The van der Waals surface area contributed by atoms with Crippen LogP contribution in [0.15, 0.2) is 48.5 Å². The molecule has 2 aromatic carbocycles. The van der Waals surface area contributed by atoms with Crippen LogP contribution in [-0.4, -0.2) is 35.6 Å². The van der Waals surface area contributed by atoms with Crippen molar-refractivity contribution in [3.05, 3.63) is 58.6 Å². The Labute approximate surface area is 138 Å². The van der Waals surface area contributed by atoms with E-state index < -0.39 is 12.2 Å². The molecule has 0 heterocycles. The average Bonchev–Trinajstić information content (AvgIpc) is 2.52. The summed E-state index contributed by atoms with van der Waals surface area (Å²) in [6.07, 6.45) is -2.22. The summed E-state index contributed by atoms with van der Waals surface area (Å²) in [4.78, 5) is 0. The Balaban J connectivity index is 1.81. The zero-order chi connectivity index (χ0) is 15.9. The Bertz CT molecular complexity index is 553. The van der Waals surface area contributed by atoms with Gasteiger partial charge in [-0.1, -0.05) is 47.5 Å². The molecule has 0 aromatic heterocycles. The number of hydrogen-bond donors (Lipinski definition) is 2. The predicted octanol–water partition coefficient (Wildman–Crippen LogP) is 3.17. The van der Waals surface area contributed by atoms with Gasteiger partial charge in [-0.2, -0.15) is 0 Å². The topological polar surface area (TPSA) is 58.9 Å². The van der Waals surface area contributed by atoms with Crippen LogP contribution in [0, 0.1) is 0 Å². The molecule has 0 aliphatic rings. The van der Waals surface area contributed by atoms with E-state index in [1.165, 1.54) is 0 Å². The molecule has 2 aromatic rings. The minimum Gasteiger partial charge on any atom is -0.489 e. The lowest BCUT2D eigenvalue weighted by atomic mass is 10.2. The number of hydrogen-bond acceptors (Lipinski definition) is 4. The molecule has 4 nitrogen and oxygen atoms in total. The van der Waals surface area contributed by atoms with Gasteiger partial charge < -0.3 is 19.7 Å². The third-order valence-corrected chi connectivity index (χ3v) is 3.56. The highest BCUT2D eigenvalue weighted by Crippen LogP contribution is 2.24. The number of aliphatic hydroxyl groups is 2. The van der Waals surface area contributed by atoms with E-state index in [-0.39, 0.29) is 13.2 Å². The first-order valence-electron chi connectivity index (χ1n) is 6.68. The van der Waals surface area contributed by atoms with Crippen LogP contribution in [0.2, 0.25) is 10.0 Å². The summed E-state index contributed by atoms with van der Waals surface area (Å²) in [5.74, 6) is 0.893. The maximum atomic E-state index is 9.89. The lowest BCUT2D eigenvalue weighted by Crippen LogP contribution is -2.36. The van der Waals surface area contributed by atoms with Crippen molar-refractivity contribution in [3.63, 3.8) is 0 Å². The van der Waals surface area contributed by atoms with E-state index in [1.54, 1.807) is 48.5 Å². The van der Waals surface area contributed by atoms with Gasteiger partial charge in [0.05, 0.1) is 10.0 Å². The van der Waals surface area contributed by atoms with Crippen LogP contribution in [0.4, 0.5) is 0 Å². The van der Waals surface area contributed by atoms with Crippen molar-refractivity contribution in [3.8, 4) is 11.5 Å². The van der Waals surface area contributed by atoms with Crippen LogP contribution in [0.3, 0.4) is 0 Å². The minimum atomic E-state index is -1.11. The second kappa shape index (κ2) is 8.25. The standard InChI is InChI=1S/C16H16Cl2O4/c17-11-5-1-3-7-15(11)21-9-13(19)14(20)10-22-16-8-4-2-6-12(16)18/h1-8,13-14,19-20H,9-10H2/t13-,14-/m1/s1. The largest absolute Gasteiger partial charge is 0.489 e. The number of ether oxygens (including phenoxy) is 2. The fraction of sp³-hybridized carbons (Fsp3) is 0.250. The van der Waals surface area contributed by atoms with Crippen LogP contribution in [0.5, 0.6) is 11.5 Å². The van der Waals surface area contributed by atoms with Gasteiger partial charge in [0.25, 0.3) is 0 Å². The van der Waals surface area contributed by atoms with Gasteiger partial charge in [0.2, 0.25) is 0 Å². The molecule has 6 heteroatoms. The number of halogens is 2. The summed E-state index contributed by atoms with van der Waals surface area (Å²) in [6, 6.07) is 13.8. The molecule has 0 saturated carbocycles. The molecule has 0 amide bonds. The molecule has 0 spiro atoms. The van der Waals surface area contributed by atoms with Crippen LogP contribution in [0.25, 0.3) is 0 Å². The second-order valence-electron chi connectivity index (χ2n) is 4.62. The zero-order valence-corrected chi connectivity index (χ0v) is 13.2. The van der Waals surface area contributed by atoms with Gasteiger partial charge in [0.15, 0.2) is 0 Å². The Morgan fingerprint density at radius 2 is 1.09 bits per heavy atom. The summed E-state index contributed by atoms with van der Waals surface area (Å²) in [7, 11) is 0. The van der Waals surface area contributed by atoms with E-state index >= 15 is 0 Å². The highest BCUT2D eigenvalue weighted by atomic mass is 35.5. The SMILES string of the molecule is O[C@H](COc1ccccc1Cl)[C@H](O)COc1ccccc1Cl. The molecule has 0 saturated heterocycles. The molecule has 0 unspecified atom stereocenters. The van der Waals surface area contributed by atoms with Crippen LogP contribution >= 0.6 is 23.2 Å². The van der Waals surface area contributed by atoms with Crippen molar-refractivity contribution in [2.75, 3.05) is 13.2 Å². The Kier molecular flexibility index (Phi) is 6.34. The van der Waals surface area contributed by atoms with Crippen molar-refractivity contribution < 1.29 is 19.7 Å². The first-order chi connectivity index (χ1) is 10.6. The van der Waals surface area contributed by atoms with E-state index in [1.807, 2.05) is 0 Å². The van der Waals surface area contributed by atoms with Gasteiger partial charge in [-0.3, -0.25) is 0 Å². The fourth-order valence-corrected chi connectivity index (χ4v) is 2.08. The highest BCUT2D eigenvalue weighted by Gasteiger charge is 2.19. The molecule has 2 atom stereocenters. The molecular formula is C16H16Cl2O4. The first-order valence-corrected chi connectivity index (χ1v) is 7.44. The summed E-state index contributed by atoms with van der Waals surface area (Å²) < 4.78 is 10.7. The normalized spacial score (nSPS) is 13.5. The van der Waals surface area contributed by atoms with Gasteiger partial charge >= 0.3 is 0 Å². The maximum Gasteiger partial charge on any atom is 0.138 e. The van der Waals surface area contributed by atoms with Crippen molar-refractivity contribution in [1.29, 1.82) is 0 Å². The summed E-state index contributed by atoms with van der Waals surface area (Å²) in [5.41, 5.74) is 0. The first kappa shape index (κ1) is 16.9. The van der Waals surface area contributed by atoms with Gasteiger partial charge in [-0.25, -0.2) is 0 Å². The number of rotatable bonds is 7. The molecule has 2 rings (SSSR count). The molecule has 118 valence electrons. The fourth-order valence-electron chi connectivity index (χ4n) is 1.70. The van der Waals surface area contributed by atoms with Gasteiger partial charge in [0, 0.05) is 0 Å². The third kappa shape index (κ3) is 4.78. The molecule has 22 heavy (non-hydrogen) atoms. The second-order valence-corrected chi connectivity index (χ2v) is 5.43. The Morgan fingerprint density at radius 1 is 0.727 bits per heavy atom. The number of para-hydroxylation sites is 2. The van der Waals surface area contributed by atoms with Gasteiger partial charge in [0.1, 0.15) is 36.9 Å². The smallest absolute Gasteiger partial charge is 0.138 e. The van der Waals surface area contributed by atoms with E-state index in [0.717, 1.165) is 0 Å². The molecule has 0 bridgehead atoms. The van der Waals surface area contributed by atoms with Crippen molar-refractivity contribution in [2.45, 2.75) is 12.2 Å². The number of aliphatic hydroxyl groups excluding tert-OH is 2. The van der Waals surface area contributed by atoms with E-state index in [0.29, 0.717) is 21.5 Å². The molecule has 0 aliphatic heterocycles. The monoisotopic (exact) mass is 342 g/mol. The van der Waals surface area contributed by atoms with Gasteiger partial charge in [-0.05, 0) is 24.3 Å². The lowest BCUT2D eigenvalue weighted by Gasteiger charge is -2.19. The molecular weight excluding hydrogens is 327 g/mol. The maximum absolute atomic E-state index is 9.89. The average molecular weight is 343 g/mol. The number of benzene rings is 2. The van der Waals surface area contributed by atoms with Crippen LogP contribution in [0.1, 0.15) is 0 Å². The van der Waals surface area contributed by atoms with E-state index in [4.69, 9.17) is 32.7 Å². The van der Waals surface area contributed by atoms with Crippen molar-refractivity contribution >= 4 is 23.2 Å². The third-order valence-electron chi connectivity index (χ3n) is 2.94. The van der Waals surface area contributed by atoms with Crippen molar-refractivity contribution in [1.82, 2.24) is 0 Å². The van der Waals surface area contributed by atoms with Crippen molar-refractivity contribution in [2.24, 2.45) is 0 Å². The van der Waals surface area contributed by atoms with Gasteiger partial charge in [-0.15, -0.1) is 0 Å². The zero-order valence-electron chi connectivity index (χ0n) is 11.7. The molecule has 0 aliphatic carbocycles. The quantitative estimate of drug-likeness (QED) is 0.811. The van der Waals surface area contributed by atoms with E-state index in [9.17, 15) is 10.2 Å². The summed E-state index contributed by atoms with van der Waals surface area (Å²) in [5, 5.41) is 20.7. The highest BCUT2D eigenvalue weighted by molar-refractivity contribution is 6.32. The minimum absolute atomic E-state index is 0.100. The molecule has 0 fully saturated rings. The lowest BCUT2D eigenvalue weighted by molar-refractivity contribution is -0.0288. The van der Waals surface area contributed by atoms with E-state index in [2.05, 4.69) is 0 Å². The Hall–Kier alpha value is -1.46. The molecule has 2 N–H and O–H groups in total. The summed E-state index contributed by atoms with van der Waals surface area (Å²) in [6.45, 7) is -0.201. The van der Waals surface area contributed by atoms with Crippen LogP contribution in [-0.2, 0) is 0 Å². The Morgan fingerprint density at radius 3 is 1.45 bits per heavy atom. The summed E-state index contributed by atoms with van der Waals surface area (Å²) >= 11 is 11.9. The van der Waals surface area contributed by atoms with Crippen LogP contribution < -0.4 is 9.47 Å². The molecule has 0 radical (unpaired) electrons. The predicted molar refractivity (Wildman–Crippen MR) is 85.9 cm³/mol.